The van der Waals surface area contributed by atoms with E-state index in [0.29, 0.717) is 0 Å². The molecule has 2 heteroatoms. The van der Waals surface area contributed by atoms with Crippen molar-refractivity contribution in [1.29, 1.82) is 0 Å². The van der Waals surface area contributed by atoms with Gasteiger partial charge in [0.05, 0.1) is 6.04 Å². The van der Waals surface area contributed by atoms with E-state index in [0.717, 1.165) is 0 Å². The lowest BCUT2D eigenvalue weighted by Crippen LogP contribution is -1.92. The van der Waals surface area contributed by atoms with Crippen LogP contribution in [0, 0.1) is 18.9 Å². The predicted octanol–water partition coefficient (Wildman–Crippen LogP) is -0.356. The van der Waals surface area contributed by atoms with E-state index in [1.54, 1.807) is 0 Å². The molecule has 1 aliphatic rings. The van der Waals surface area contributed by atoms with Crippen LogP contribution in [0.5, 0.6) is 0 Å². The van der Waals surface area contributed by atoms with Gasteiger partial charge in [-0.05, 0) is 0 Å². The molecule has 0 amide bonds. The van der Waals surface area contributed by atoms with E-state index in [1.165, 1.54) is 6.73 Å². The molecule has 0 aromatic rings. The molecule has 0 spiro atoms. The van der Waals surface area contributed by atoms with Crippen molar-refractivity contribution in [3.8, 4) is 12.2 Å². The van der Waals surface area contributed by atoms with E-state index in [1.807, 2.05) is 0 Å². The highest BCUT2D eigenvalue weighted by Crippen LogP contribution is 1.74. The molecule has 0 bridgehead atoms. The van der Waals surface area contributed by atoms with Crippen LogP contribution in [0.25, 0.3) is 0 Å². The molecule has 0 unspecified atom stereocenters. The minimum Gasteiger partial charge on any atom is -0.413 e. The maximum absolute atomic E-state index is 4.35. The smallest absolute Gasteiger partial charge is 0.245 e. The summed E-state index contributed by atoms with van der Waals surface area (Å²) in [6, 6.07) is 2.44. The van der Waals surface area contributed by atoms with Crippen LogP contribution in [-0.4, -0.2) is 0 Å². The molecule has 2 nitrogen and oxygen atoms in total. The number of nitrogens with one attached hydrogen (secondary N) is 1. The van der Waals surface area contributed by atoms with Gasteiger partial charge in [-0.25, -0.2) is 0 Å². The van der Waals surface area contributed by atoms with Gasteiger partial charge in [-0.3, -0.25) is 0 Å². The average molecular weight is 68.1 g/mol. The van der Waals surface area contributed by atoms with Gasteiger partial charge < -0.3 is 10.1 Å². The lowest BCUT2D eigenvalue weighted by Gasteiger charge is -1.76. The van der Waals surface area contributed by atoms with Crippen molar-refractivity contribution in [2.24, 2.45) is 0 Å². The Morgan fingerprint density at radius 1 is 1.80 bits per heavy atom. The molecular weight excluding hydrogens is 66.0 g/mol. The van der Waals surface area contributed by atoms with Crippen LogP contribution in [0.4, 0.5) is 0 Å². The number of rotatable bonds is 0. The van der Waals surface area contributed by atoms with Gasteiger partial charge >= 0.3 is 0 Å². The Morgan fingerprint density at radius 3 is 3.00 bits per heavy atom. The van der Waals surface area contributed by atoms with Crippen molar-refractivity contribution in [2.45, 2.75) is 0 Å². The van der Waals surface area contributed by atoms with Gasteiger partial charge in [-0.2, -0.15) is 0 Å². The van der Waals surface area contributed by atoms with E-state index in [-0.39, 0.29) is 0 Å². The van der Waals surface area contributed by atoms with Gasteiger partial charge in [0.15, 0.2) is 0 Å². The summed E-state index contributed by atoms with van der Waals surface area (Å²) in [5.74, 6) is 0. The highest BCUT2D eigenvalue weighted by atomic mass is 16.5. The summed E-state index contributed by atoms with van der Waals surface area (Å²) in [7, 11) is 0. The normalized spacial score (nSPS) is 14.4. The summed E-state index contributed by atoms with van der Waals surface area (Å²) in [5.41, 5.74) is 0. The third-order valence-electron chi connectivity index (χ3n) is 0.300. The molecule has 1 N–H and O–H groups in total. The molecule has 5 heavy (non-hydrogen) atoms. The highest BCUT2D eigenvalue weighted by molar-refractivity contribution is 4.96. The molecule has 25 valence electrons. The van der Waals surface area contributed by atoms with Crippen molar-refractivity contribution >= 4 is 0 Å². The molecule has 0 aromatic carbocycles. The van der Waals surface area contributed by atoms with Crippen LogP contribution in [0.2, 0.25) is 0 Å². The second-order valence-corrected chi connectivity index (χ2v) is 0.607. The lowest BCUT2D eigenvalue weighted by atomic mass is 11.1. The zero-order valence-electron chi connectivity index (χ0n) is 2.49. The molecule has 0 saturated carbocycles. The fourth-order valence-electron chi connectivity index (χ4n) is 0.147. The van der Waals surface area contributed by atoms with Crippen LogP contribution in [0.15, 0.2) is 0 Å². The largest absolute Gasteiger partial charge is 0.413 e. The Hall–Kier alpha value is -0.840. The molecule has 0 atom stereocenters. The van der Waals surface area contributed by atoms with Gasteiger partial charge in [0.1, 0.15) is 6.11 Å². The van der Waals surface area contributed by atoms with E-state index < -0.39 is 0 Å². The van der Waals surface area contributed by atoms with Gasteiger partial charge in [0.2, 0.25) is 6.73 Å². The molecule has 0 fully saturated rings. The topological polar surface area (TPSA) is 21.3 Å². The second-order valence-electron chi connectivity index (χ2n) is 0.607. The molecule has 1 radical (unpaired) electrons. The second kappa shape index (κ2) is 0.852. The summed E-state index contributed by atoms with van der Waals surface area (Å²) < 4.78 is 4.35. The Bertz CT molecular complexity index is 70.6. The van der Waals surface area contributed by atoms with Crippen LogP contribution in [0.1, 0.15) is 0 Å². The van der Waals surface area contributed by atoms with E-state index in [2.05, 4.69) is 22.2 Å². The highest BCUT2D eigenvalue weighted by Gasteiger charge is 1.81. The Kier molecular flexibility index (Phi) is 0.409. The summed E-state index contributed by atoms with van der Waals surface area (Å²) in [6.07, 6.45) is 2.31. The standard InChI is InChI=1S/C3H2NO/c1-2-5-3-4-1/h3-4H. The summed E-state index contributed by atoms with van der Waals surface area (Å²) in [6.45, 7) is 1.39. The molecule has 1 heterocycles. The monoisotopic (exact) mass is 68.0 g/mol. The first kappa shape index (κ1) is 2.40. The minimum atomic E-state index is 1.39. The summed E-state index contributed by atoms with van der Waals surface area (Å²) in [4.78, 5) is 0. The van der Waals surface area contributed by atoms with Crippen molar-refractivity contribution in [1.82, 2.24) is 5.32 Å². The summed E-state index contributed by atoms with van der Waals surface area (Å²) in [5, 5.41) is 2.51. The van der Waals surface area contributed by atoms with Gasteiger partial charge in [0.25, 0.3) is 0 Å². The quantitative estimate of drug-likeness (QED) is 0.391. The zero-order valence-corrected chi connectivity index (χ0v) is 2.49. The van der Waals surface area contributed by atoms with Crippen molar-refractivity contribution in [3.05, 3.63) is 6.73 Å². The lowest BCUT2D eigenvalue weighted by molar-refractivity contribution is 0.368. The van der Waals surface area contributed by atoms with Gasteiger partial charge in [-0.15, -0.1) is 0 Å². The fourth-order valence-corrected chi connectivity index (χ4v) is 0.147. The maximum atomic E-state index is 4.35. The number of hydrogen-bond acceptors (Lipinski definition) is 2. The predicted molar refractivity (Wildman–Crippen MR) is 16.3 cm³/mol. The third kappa shape index (κ3) is 0.246. The Balaban J connectivity index is 2.42. The van der Waals surface area contributed by atoms with Crippen molar-refractivity contribution < 1.29 is 4.74 Å². The van der Waals surface area contributed by atoms with E-state index in [9.17, 15) is 0 Å². The molecule has 0 saturated heterocycles. The Morgan fingerprint density at radius 2 is 2.80 bits per heavy atom. The maximum Gasteiger partial charge on any atom is 0.245 e. The third-order valence-corrected chi connectivity index (χ3v) is 0.300. The summed E-state index contributed by atoms with van der Waals surface area (Å²) >= 11 is 0. The molecule has 1 aliphatic heterocycles. The number of hydrogen-bond donors (Lipinski definition) is 1. The van der Waals surface area contributed by atoms with E-state index in [4.69, 9.17) is 0 Å². The zero-order chi connectivity index (χ0) is 3.54. The SMILES string of the molecule is C1#CO[CH]N1. The first-order valence-corrected chi connectivity index (χ1v) is 1.23. The van der Waals surface area contributed by atoms with Crippen LogP contribution in [-0.2, 0) is 4.74 Å². The number of ether oxygens (including phenoxy) is 1. The van der Waals surface area contributed by atoms with Crippen LogP contribution in [0.3, 0.4) is 0 Å². The molecule has 1 rings (SSSR count). The van der Waals surface area contributed by atoms with E-state index >= 15 is 0 Å². The fraction of sp³-hybridized carbons (Fsp3) is 0. The Labute approximate surface area is 30.1 Å². The van der Waals surface area contributed by atoms with Gasteiger partial charge in [0, 0.05) is 0 Å². The van der Waals surface area contributed by atoms with Crippen molar-refractivity contribution in [3.63, 3.8) is 0 Å². The van der Waals surface area contributed by atoms with Crippen LogP contribution < -0.4 is 5.32 Å². The van der Waals surface area contributed by atoms with Gasteiger partial charge in [-0.1, -0.05) is 0 Å². The first-order valence-electron chi connectivity index (χ1n) is 1.23. The average Bonchev–Trinajstić information content (AvgIpc) is 1.76. The van der Waals surface area contributed by atoms with Crippen molar-refractivity contribution in [2.75, 3.05) is 0 Å². The molecular formula is C3H2NO. The minimum absolute atomic E-state index is 1.39. The molecule has 0 aliphatic carbocycles. The van der Waals surface area contributed by atoms with Crippen LogP contribution >= 0.6 is 0 Å². The molecule has 0 aromatic heterocycles. The first-order chi connectivity index (χ1) is 2.50.